The van der Waals surface area contributed by atoms with Crippen LogP contribution in [0, 0.1) is 6.92 Å². The number of amides is 1. The smallest absolute Gasteiger partial charge is 0.259 e. The molecule has 0 aromatic carbocycles. The first-order valence-electron chi connectivity index (χ1n) is 6.14. The van der Waals surface area contributed by atoms with Gasteiger partial charge in [-0.15, -0.1) is 0 Å². The molecule has 2 aromatic heterocycles. The summed E-state index contributed by atoms with van der Waals surface area (Å²) in [4.78, 5) is 16.0. The van der Waals surface area contributed by atoms with Crippen LogP contribution in [-0.2, 0) is 4.74 Å². The molecule has 106 valence electrons. The summed E-state index contributed by atoms with van der Waals surface area (Å²) in [6.45, 7) is 2.67. The molecule has 6 heteroatoms. The normalized spacial score (nSPS) is 10.3. The number of nitrogens with zero attached hydrogens (tertiary/aromatic N) is 1. The summed E-state index contributed by atoms with van der Waals surface area (Å²) in [6.07, 6.45) is 3.02. The molecular formula is C14H16N2O4. The van der Waals surface area contributed by atoms with E-state index in [1.165, 1.54) is 12.5 Å². The van der Waals surface area contributed by atoms with Crippen LogP contribution in [0.25, 0.3) is 0 Å². The molecule has 0 radical (unpaired) electrons. The maximum atomic E-state index is 11.9. The van der Waals surface area contributed by atoms with Crippen molar-refractivity contribution in [2.24, 2.45) is 0 Å². The highest BCUT2D eigenvalue weighted by molar-refractivity contribution is 6.04. The number of hydrogen-bond donors (Lipinski definition) is 1. The summed E-state index contributed by atoms with van der Waals surface area (Å²) >= 11 is 0. The average Bonchev–Trinajstić information content (AvgIpc) is 2.87. The van der Waals surface area contributed by atoms with E-state index in [9.17, 15) is 4.79 Å². The molecule has 0 spiro atoms. The molecule has 2 rings (SSSR count). The third-order valence-electron chi connectivity index (χ3n) is 2.64. The van der Waals surface area contributed by atoms with E-state index in [-0.39, 0.29) is 5.91 Å². The Hall–Kier alpha value is -2.34. The number of aromatic nitrogens is 1. The van der Waals surface area contributed by atoms with Crippen molar-refractivity contribution in [3.8, 4) is 5.88 Å². The average molecular weight is 276 g/mol. The second-order valence-corrected chi connectivity index (χ2v) is 4.07. The number of furan rings is 1. The third kappa shape index (κ3) is 3.58. The van der Waals surface area contributed by atoms with Crippen LogP contribution >= 0.6 is 0 Å². The maximum Gasteiger partial charge on any atom is 0.259 e. The molecule has 1 N–H and O–H groups in total. The van der Waals surface area contributed by atoms with Gasteiger partial charge in [-0.1, -0.05) is 0 Å². The van der Waals surface area contributed by atoms with E-state index in [1.54, 1.807) is 32.2 Å². The Morgan fingerprint density at radius 3 is 2.80 bits per heavy atom. The van der Waals surface area contributed by atoms with E-state index >= 15 is 0 Å². The fourth-order valence-corrected chi connectivity index (χ4v) is 1.59. The molecule has 0 saturated heterocycles. The van der Waals surface area contributed by atoms with Crippen molar-refractivity contribution >= 4 is 11.6 Å². The highest BCUT2D eigenvalue weighted by Gasteiger charge is 2.11. The Bertz CT molecular complexity index is 563. The molecule has 0 aliphatic heterocycles. The van der Waals surface area contributed by atoms with Crippen molar-refractivity contribution in [2.75, 3.05) is 25.6 Å². The number of anilines is 1. The largest absolute Gasteiger partial charge is 0.475 e. The number of hydrogen-bond acceptors (Lipinski definition) is 5. The molecule has 0 aliphatic carbocycles. The summed E-state index contributed by atoms with van der Waals surface area (Å²) in [6, 6.07) is 5.04. The fourth-order valence-electron chi connectivity index (χ4n) is 1.59. The van der Waals surface area contributed by atoms with Crippen LogP contribution in [0.2, 0.25) is 0 Å². The zero-order valence-electron chi connectivity index (χ0n) is 11.4. The summed E-state index contributed by atoms with van der Waals surface area (Å²) in [5, 5.41) is 2.74. The zero-order valence-corrected chi connectivity index (χ0v) is 11.4. The van der Waals surface area contributed by atoms with Crippen molar-refractivity contribution in [3.05, 3.63) is 42.0 Å². The third-order valence-corrected chi connectivity index (χ3v) is 2.64. The standard InChI is InChI=1S/C14H16N2O4/c1-10-12(5-6-19-10)14(17)16-11-3-4-13(15-9-11)20-8-7-18-2/h3-6,9H,7-8H2,1-2H3,(H,16,17). The highest BCUT2D eigenvalue weighted by Crippen LogP contribution is 2.15. The van der Waals surface area contributed by atoms with Crippen LogP contribution in [0.3, 0.4) is 0 Å². The maximum absolute atomic E-state index is 11.9. The van der Waals surface area contributed by atoms with E-state index in [1.807, 2.05) is 0 Å². The van der Waals surface area contributed by atoms with Gasteiger partial charge in [-0.2, -0.15) is 0 Å². The Morgan fingerprint density at radius 1 is 1.35 bits per heavy atom. The lowest BCUT2D eigenvalue weighted by molar-refractivity contribution is 0.102. The van der Waals surface area contributed by atoms with Gasteiger partial charge in [0.05, 0.1) is 30.3 Å². The topological polar surface area (TPSA) is 73.6 Å². The lowest BCUT2D eigenvalue weighted by Crippen LogP contribution is -2.12. The van der Waals surface area contributed by atoms with Crippen molar-refractivity contribution in [2.45, 2.75) is 6.92 Å². The van der Waals surface area contributed by atoms with E-state index in [2.05, 4.69) is 10.3 Å². The monoisotopic (exact) mass is 276 g/mol. The van der Waals surface area contributed by atoms with Gasteiger partial charge in [0.1, 0.15) is 12.4 Å². The van der Waals surface area contributed by atoms with Gasteiger partial charge in [0, 0.05) is 13.2 Å². The lowest BCUT2D eigenvalue weighted by Gasteiger charge is -2.06. The number of carbonyl (C=O) groups excluding carboxylic acids is 1. The second-order valence-electron chi connectivity index (χ2n) is 4.07. The number of aryl methyl sites for hydroxylation is 1. The van der Waals surface area contributed by atoms with Crippen LogP contribution in [0.15, 0.2) is 35.1 Å². The molecule has 6 nitrogen and oxygen atoms in total. The molecule has 0 unspecified atom stereocenters. The van der Waals surface area contributed by atoms with Crippen LogP contribution in [0.4, 0.5) is 5.69 Å². The minimum Gasteiger partial charge on any atom is -0.475 e. The van der Waals surface area contributed by atoms with Gasteiger partial charge in [-0.25, -0.2) is 4.98 Å². The molecule has 2 aromatic rings. The van der Waals surface area contributed by atoms with Crippen molar-refractivity contribution < 1.29 is 18.7 Å². The number of rotatable bonds is 6. The fraction of sp³-hybridized carbons (Fsp3) is 0.286. The van der Waals surface area contributed by atoms with Crippen molar-refractivity contribution in [1.82, 2.24) is 4.98 Å². The highest BCUT2D eigenvalue weighted by atomic mass is 16.5. The number of methoxy groups -OCH3 is 1. The zero-order chi connectivity index (χ0) is 14.4. The molecule has 1 amide bonds. The molecule has 0 atom stereocenters. The predicted octanol–water partition coefficient (Wildman–Crippen LogP) is 2.26. The Balaban J connectivity index is 1.93. The molecule has 2 heterocycles. The quantitative estimate of drug-likeness (QED) is 0.819. The van der Waals surface area contributed by atoms with Gasteiger partial charge in [0.2, 0.25) is 5.88 Å². The first-order chi connectivity index (χ1) is 9.70. The van der Waals surface area contributed by atoms with Gasteiger partial charge in [-0.3, -0.25) is 4.79 Å². The van der Waals surface area contributed by atoms with Crippen LogP contribution in [0.1, 0.15) is 16.1 Å². The number of carbonyl (C=O) groups is 1. The Morgan fingerprint density at radius 2 is 2.20 bits per heavy atom. The van der Waals surface area contributed by atoms with E-state index < -0.39 is 0 Å². The van der Waals surface area contributed by atoms with E-state index in [0.29, 0.717) is 36.1 Å². The first-order valence-corrected chi connectivity index (χ1v) is 6.14. The molecular weight excluding hydrogens is 260 g/mol. The Kier molecular flexibility index (Phi) is 4.73. The van der Waals surface area contributed by atoms with E-state index in [4.69, 9.17) is 13.9 Å². The van der Waals surface area contributed by atoms with Crippen molar-refractivity contribution in [1.29, 1.82) is 0 Å². The molecule has 20 heavy (non-hydrogen) atoms. The van der Waals surface area contributed by atoms with Crippen LogP contribution < -0.4 is 10.1 Å². The predicted molar refractivity (Wildman–Crippen MR) is 73.0 cm³/mol. The summed E-state index contributed by atoms with van der Waals surface area (Å²) in [5.41, 5.74) is 1.10. The number of nitrogens with one attached hydrogen (secondary N) is 1. The van der Waals surface area contributed by atoms with Gasteiger partial charge in [0.15, 0.2) is 0 Å². The molecule has 0 fully saturated rings. The second kappa shape index (κ2) is 6.72. The minimum atomic E-state index is -0.230. The van der Waals surface area contributed by atoms with Crippen molar-refractivity contribution in [3.63, 3.8) is 0 Å². The summed E-state index contributed by atoms with van der Waals surface area (Å²) in [7, 11) is 1.60. The summed E-state index contributed by atoms with van der Waals surface area (Å²) < 4.78 is 15.3. The van der Waals surface area contributed by atoms with Gasteiger partial charge in [0.25, 0.3) is 5.91 Å². The van der Waals surface area contributed by atoms with Gasteiger partial charge in [-0.05, 0) is 19.1 Å². The molecule has 0 saturated carbocycles. The van der Waals surface area contributed by atoms with E-state index in [0.717, 1.165) is 0 Å². The number of ether oxygens (including phenoxy) is 2. The lowest BCUT2D eigenvalue weighted by atomic mass is 10.2. The van der Waals surface area contributed by atoms with Crippen LogP contribution in [0.5, 0.6) is 5.88 Å². The number of pyridine rings is 1. The minimum absolute atomic E-state index is 0.230. The first kappa shape index (κ1) is 14.1. The molecule has 0 aliphatic rings. The van der Waals surface area contributed by atoms with Gasteiger partial charge < -0.3 is 19.2 Å². The summed E-state index contributed by atoms with van der Waals surface area (Å²) in [5.74, 6) is 0.834. The van der Waals surface area contributed by atoms with Crippen LogP contribution in [-0.4, -0.2) is 31.2 Å². The van der Waals surface area contributed by atoms with Gasteiger partial charge >= 0.3 is 0 Å². The molecule has 0 bridgehead atoms. The Labute approximate surface area is 116 Å². The SMILES string of the molecule is COCCOc1ccc(NC(=O)c2ccoc2C)cn1.